The molecule has 1 aromatic carbocycles. The summed E-state index contributed by atoms with van der Waals surface area (Å²) >= 11 is 1.11. The van der Waals surface area contributed by atoms with Gasteiger partial charge in [0.25, 0.3) is 10.0 Å². The molecular weight excluding hydrogens is 384 g/mol. The van der Waals surface area contributed by atoms with E-state index in [2.05, 4.69) is 4.72 Å². The Morgan fingerprint density at radius 1 is 1.11 bits per heavy atom. The van der Waals surface area contributed by atoms with Gasteiger partial charge in [-0.25, -0.2) is 8.42 Å². The van der Waals surface area contributed by atoms with E-state index in [0.717, 1.165) is 11.3 Å². The average Bonchev–Trinajstić information content (AvgIpc) is 3.23. The van der Waals surface area contributed by atoms with Crippen LogP contribution in [0.15, 0.2) is 52.1 Å². The second-order valence-electron chi connectivity index (χ2n) is 6.60. The van der Waals surface area contributed by atoms with Crippen LogP contribution in [0.2, 0.25) is 0 Å². The number of piperidine rings is 1. The first kappa shape index (κ1) is 19.7. The lowest BCUT2D eigenvalue weighted by Crippen LogP contribution is -2.49. The molecule has 1 atom stereocenters. The summed E-state index contributed by atoms with van der Waals surface area (Å²) in [5, 5.41) is 1.68. The summed E-state index contributed by atoms with van der Waals surface area (Å²) < 4.78 is 27.2. The van der Waals surface area contributed by atoms with Gasteiger partial charge in [-0.15, -0.1) is 11.3 Å². The molecule has 0 spiro atoms. The van der Waals surface area contributed by atoms with Crippen LogP contribution in [0.5, 0.6) is 0 Å². The molecular formula is C19H22N2O4S2. The molecule has 27 heavy (non-hydrogen) atoms. The predicted octanol–water partition coefficient (Wildman–Crippen LogP) is 2.54. The Bertz CT molecular complexity index is 887. The van der Waals surface area contributed by atoms with Crippen molar-refractivity contribution in [2.75, 3.05) is 13.1 Å². The fraction of sp³-hybridized carbons (Fsp3) is 0.368. The van der Waals surface area contributed by atoms with Crippen molar-refractivity contribution in [3.8, 4) is 0 Å². The lowest BCUT2D eigenvalue weighted by atomic mass is 9.89. The molecule has 8 heteroatoms. The summed E-state index contributed by atoms with van der Waals surface area (Å²) in [6.45, 7) is 2.45. The first-order valence-electron chi connectivity index (χ1n) is 8.82. The third-order valence-corrected chi connectivity index (χ3v) is 7.64. The number of Topliss-reactive ketones (excluding diaryl/α,β-unsaturated/α-hetero) is 1. The van der Waals surface area contributed by atoms with E-state index in [4.69, 9.17) is 0 Å². The maximum Gasteiger partial charge on any atom is 0.250 e. The molecule has 0 saturated carbocycles. The number of carbonyl (C=O) groups is 2. The van der Waals surface area contributed by atoms with Gasteiger partial charge < -0.3 is 4.90 Å². The maximum atomic E-state index is 12.6. The minimum Gasteiger partial charge on any atom is -0.341 e. The van der Waals surface area contributed by atoms with Crippen LogP contribution in [0, 0.1) is 5.92 Å². The summed E-state index contributed by atoms with van der Waals surface area (Å²) in [6, 6.07) is 11.5. The summed E-state index contributed by atoms with van der Waals surface area (Å²) in [4.78, 5) is 26.8. The largest absolute Gasteiger partial charge is 0.341 e. The van der Waals surface area contributed by atoms with Crippen molar-refractivity contribution in [2.24, 2.45) is 5.92 Å². The van der Waals surface area contributed by atoms with Gasteiger partial charge in [-0.1, -0.05) is 36.4 Å². The van der Waals surface area contributed by atoms with Crippen molar-refractivity contribution in [3.63, 3.8) is 0 Å². The van der Waals surface area contributed by atoms with Crippen LogP contribution in [-0.4, -0.2) is 44.1 Å². The third kappa shape index (κ3) is 4.63. The average molecular weight is 407 g/mol. The van der Waals surface area contributed by atoms with Gasteiger partial charge in [0.2, 0.25) is 5.91 Å². The number of nitrogens with zero attached hydrogens (tertiary/aromatic N) is 1. The van der Waals surface area contributed by atoms with E-state index >= 15 is 0 Å². The minimum atomic E-state index is -3.69. The van der Waals surface area contributed by atoms with Crippen LogP contribution in [0.1, 0.15) is 30.1 Å². The number of rotatable bonds is 6. The van der Waals surface area contributed by atoms with E-state index in [0.29, 0.717) is 31.5 Å². The molecule has 0 aliphatic carbocycles. The van der Waals surface area contributed by atoms with E-state index < -0.39 is 16.1 Å². The Kier molecular flexibility index (Phi) is 6.08. The van der Waals surface area contributed by atoms with E-state index in [9.17, 15) is 18.0 Å². The highest BCUT2D eigenvalue weighted by molar-refractivity contribution is 7.91. The van der Waals surface area contributed by atoms with Crippen molar-refractivity contribution in [1.82, 2.24) is 9.62 Å². The molecule has 6 nitrogen and oxygen atoms in total. The van der Waals surface area contributed by atoms with E-state index in [-0.39, 0.29) is 21.8 Å². The number of ketones is 1. The molecule has 144 valence electrons. The highest BCUT2D eigenvalue weighted by atomic mass is 32.2. The number of sulfonamides is 1. The number of likely N-dealkylation sites (tertiary alicyclic amines) is 1. The Hall–Kier alpha value is -2.03. The second kappa shape index (κ2) is 8.33. The summed E-state index contributed by atoms with van der Waals surface area (Å²) in [6.07, 6.45) is 1.17. The summed E-state index contributed by atoms with van der Waals surface area (Å²) in [5.74, 6) is -0.260. The van der Waals surface area contributed by atoms with Gasteiger partial charge in [0.15, 0.2) is 5.78 Å². The molecule has 2 heterocycles. The normalized spacial score (nSPS) is 16.9. The third-order valence-electron chi connectivity index (χ3n) is 4.70. The van der Waals surface area contributed by atoms with Crippen LogP contribution in [0.4, 0.5) is 0 Å². The molecule has 1 aliphatic heterocycles. The smallest absolute Gasteiger partial charge is 0.250 e. The highest BCUT2D eigenvalue weighted by Gasteiger charge is 2.31. The van der Waals surface area contributed by atoms with Gasteiger partial charge in [0.05, 0.1) is 6.04 Å². The molecule has 0 radical (unpaired) electrons. The maximum absolute atomic E-state index is 12.6. The van der Waals surface area contributed by atoms with Crippen molar-refractivity contribution in [3.05, 3.63) is 53.4 Å². The number of benzene rings is 1. The van der Waals surface area contributed by atoms with Crippen LogP contribution >= 0.6 is 11.3 Å². The number of thiophene rings is 1. The fourth-order valence-corrected chi connectivity index (χ4v) is 5.44. The Morgan fingerprint density at radius 2 is 1.78 bits per heavy atom. The number of nitrogens with one attached hydrogen (secondary N) is 1. The molecule has 1 amide bonds. The van der Waals surface area contributed by atoms with Crippen molar-refractivity contribution < 1.29 is 18.0 Å². The standard InChI is InChI=1S/C19H22N2O4S2/c1-14(20-27(24,25)17-8-5-13-26-17)19(23)21-11-9-16(10-12-21)18(22)15-6-3-2-4-7-15/h2-8,13-14,16,20H,9-12H2,1H3. The lowest BCUT2D eigenvalue weighted by Gasteiger charge is -2.33. The lowest BCUT2D eigenvalue weighted by molar-refractivity contribution is -0.133. The highest BCUT2D eigenvalue weighted by Crippen LogP contribution is 2.23. The summed E-state index contributed by atoms with van der Waals surface area (Å²) in [7, 11) is -3.69. The number of hydrogen-bond acceptors (Lipinski definition) is 5. The molecule has 0 bridgehead atoms. The number of amides is 1. The monoisotopic (exact) mass is 406 g/mol. The van der Waals surface area contributed by atoms with Gasteiger partial charge >= 0.3 is 0 Å². The molecule has 1 aromatic heterocycles. The molecule has 1 unspecified atom stereocenters. The molecule has 1 N–H and O–H groups in total. The van der Waals surface area contributed by atoms with E-state index in [1.165, 1.54) is 6.07 Å². The van der Waals surface area contributed by atoms with Crippen LogP contribution < -0.4 is 4.72 Å². The molecule has 3 rings (SSSR count). The molecule has 1 fully saturated rings. The van der Waals surface area contributed by atoms with E-state index in [1.54, 1.807) is 35.4 Å². The van der Waals surface area contributed by atoms with Crippen molar-refractivity contribution in [2.45, 2.75) is 30.0 Å². The van der Waals surface area contributed by atoms with Crippen molar-refractivity contribution >= 4 is 33.1 Å². The zero-order chi connectivity index (χ0) is 19.4. The second-order valence-corrected chi connectivity index (χ2v) is 9.49. The fourth-order valence-electron chi connectivity index (χ4n) is 3.23. The first-order valence-corrected chi connectivity index (χ1v) is 11.2. The molecule has 1 saturated heterocycles. The van der Waals surface area contributed by atoms with Gasteiger partial charge in [0, 0.05) is 24.6 Å². The van der Waals surface area contributed by atoms with Gasteiger partial charge in [0.1, 0.15) is 4.21 Å². The SMILES string of the molecule is CC(NS(=O)(=O)c1cccs1)C(=O)N1CCC(C(=O)c2ccccc2)CC1. The quantitative estimate of drug-likeness (QED) is 0.747. The van der Waals surface area contributed by atoms with Crippen LogP contribution in [0.3, 0.4) is 0 Å². The summed E-state index contributed by atoms with van der Waals surface area (Å²) in [5.41, 5.74) is 0.694. The Balaban J connectivity index is 1.56. The van der Waals surface area contributed by atoms with Gasteiger partial charge in [-0.05, 0) is 31.2 Å². The van der Waals surface area contributed by atoms with Crippen LogP contribution in [0.25, 0.3) is 0 Å². The predicted molar refractivity (Wildman–Crippen MR) is 104 cm³/mol. The zero-order valence-electron chi connectivity index (χ0n) is 15.0. The van der Waals surface area contributed by atoms with Crippen LogP contribution in [-0.2, 0) is 14.8 Å². The van der Waals surface area contributed by atoms with Gasteiger partial charge in [-0.2, -0.15) is 4.72 Å². The number of carbonyl (C=O) groups excluding carboxylic acids is 2. The zero-order valence-corrected chi connectivity index (χ0v) is 16.6. The first-order chi connectivity index (χ1) is 12.9. The number of hydrogen-bond donors (Lipinski definition) is 1. The Morgan fingerprint density at radius 3 is 2.37 bits per heavy atom. The van der Waals surface area contributed by atoms with Crippen molar-refractivity contribution in [1.29, 1.82) is 0 Å². The topological polar surface area (TPSA) is 83.6 Å². The molecule has 1 aliphatic rings. The Labute approximate surface area is 163 Å². The van der Waals surface area contributed by atoms with E-state index in [1.807, 2.05) is 18.2 Å². The minimum absolute atomic E-state index is 0.102. The molecule has 2 aromatic rings. The van der Waals surface area contributed by atoms with Gasteiger partial charge in [-0.3, -0.25) is 9.59 Å².